The summed E-state index contributed by atoms with van der Waals surface area (Å²) in [6, 6.07) is 9.71. The molecule has 98 valence electrons. The molecule has 0 amide bonds. The van der Waals surface area contributed by atoms with E-state index in [0.29, 0.717) is 19.6 Å². The largest absolute Gasteiger partial charge is 0.492 e. The zero-order valence-electron chi connectivity index (χ0n) is 10.6. The van der Waals surface area contributed by atoms with Crippen LogP contribution < -0.4 is 4.74 Å². The molecule has 0 bridgehead atoms. The van der Waals surface area contributed by atoms with Crippen molar-refractivity contribution in [1.82, 2.24) is 0 Å². The molecule has 1 aliphatic heterocycles. The van der Waals surface area contributed by atoms with Crippen molar-refractivity contribution in [2.24, 2.45) is 5.41 Å². The van der Waals surface area contributed by atoms with E-state index in [-0.39, 0.29) is 17.3 Å². The SMILES string of the molecule is N#CCC1(COC(=O)[C@H]2COc3ccccc32)CC1. The smallest absolute Gasteiger partial charge is 0.317 e. The Morgan fingerprint density at radius 2 is 2.26 bits per heavy atom. The molecule has 19 heavy (non-hydrogen) atoms. The van der Waals surface area contributed by atoms with Gasteiger partial charge in [0.05, 0.1) is 12.7 Å². The lowest BCUT2D eigenvalue weighted by Gasteiger charge is -2.14. The van der Waals surface area contributed by atoms with Crippen LogP contribution in [-0.4, -0.2) is 19.2 Å². The number of para-hydroxylation sites is 1. The van der Waals surface area contributed by atoms with Crippen molar-refractivity contribution in [1.29, 1.82) is 5.26 Å². The Kier molecular flexibility index (Phi) is 2.90. The highest BCUT2D eigenvalue weighted by molar-refractivity contribution is 5.80. The van der Waals surface area contributed by atoms with Crippen LogP contribution in [0.3, 0.4) is 0 Å². The van der Waals surface area contributed by atoms with Crippen LogP contribution in [0.2, 0.25) is 0 Å². The van der Waals surface area contributed by atoms with E-state index in [4.69, 9.17) is 14.7 Å². The van der Waals surface area contributed by atoms with E-state index in [2.05, 4.69) is 6.07 Å². The third-order valence-corrected chi connectivity index (χ3v) is 3.92. The van der Waals surface area contributed by atoms with E-state index in [1.807, 2.05) is 24.3 Å². The topological polar surface area (TPSA) is 59.3 Å². The van der Waals surface area contributed by atoms with Crippen LogP contribution in [0.15, 0.2) is 24.3 Å². The van der Waals surface area contributed by atoms with Gasteiger partial charge < -0.3 is 9.47 Å². The first-order valence-corrected chi connectivity index (χ1v) is 6.49. The summed E-state index contributed by atoms with van der Waals surface area (Å²) in [5, 5.41) is 8.74. The molecule has 0 aromatic heterocycles. The number of esters is 1. The van der Waals surface area contributed by atoms with Crippen LogP contribution in [-0.2, 0) is 9.53 Å². The summed E-state index contributed by atoms with van der Waals surface area (Å²) in [4.78, 5) is 12.1. The first-order chi connectivity index (χ1) is 9.24. The van der Waals surface area contributed by atoms with Gasteiger partial charge in [0.25, 0.3) is 0 Å². The van der Waals surface area contributed by atoms with E-state index < -0.39 is 0 Å². The minimum Gasteiger partial charge on any atom is -0.492 e. The van der Waals surface area contributed by atoms with Gasteiger partial charge in [0.15, 0.2) is 0 Å². The molecule has 0 saturated heterocycles. The van der Waals surface area contributed by atoms with Crippen LogP contribution in [0.5, 0.6) is 5.75 Å². The Balaban J connectivity index is 1.62. The van der Waals surface area contributed by atoms with E-state index in [1.54, 1.807) is 0 Å². The molecule has 1 aliphatic carbocycles. The lowest BCUT2D eigenvalue weighted by Crippen LogP contribution is -2.21. The Morgan fingerprint density at radius 1 is 1.47 bits per heavy atom. The fourth-order valence-electron chi connectivity index (χ4n) is 2.40. The number of hydrogen-bond acceptors (Lipinski definition) is 4. The number of nitriles is 1. The fourth-order valence-corrected chi connectivity index (χ4v) is 2.40. The van der Waals surface area contributed by atoms with Gasteiger partial charge in [-0.3, -0.25) is 4.79 Å². The second-order valence-corrected chi connectivity index (χ2v) is 5.34. The molecular weight excluding hydrogens is 242 g/mol. The van der Waals surface area contributed by atoms with Crippen LogP contribution in [0.4, 0.5) is 0 Å². The quantitative estimate of drug-likeness (QED) is 0.777. The Hall–Kier alpha value is -2.02. The molecule has 0 unspecified atom stereocenters. The first kappa shape index (κ1) is 12.0. The molecule has 4 heteroatoms. The summed E-state index contributed by atoms with van der Waals surface area (Å²) in [7, 11) is 0. The standard InChI is InChI=1S/C15H15NO3/c16-8-7-15(5-6-15)10-19-14(17)12-9-18-13-4-2-1-3-11(12)13/h1-4,12H,5-7,9-10H2/t12-/m0/s1. The number of benzene rings is 1. The van der Waals surface area contributed by atoms with Crippen molar-refractivity contribution in [3.8, 4) is 11.8 Å². The fraction of sp³-hybridized carbons (Fsp3) is 0.467. The number of carbonyl (C=O) groups excluding carboxylic acids is 1. The zero-order chi connectivity index (χ0) is 13.3. The predicted octanol–water partition coefficient (Wildman–Crippen LogP) is 2.40. The average molecular weight is 257 g/mol. The van der Waals surface area contributed by atoms with E-state index >= 15 is 0 Å². The summed E-state index contributed by atoms with van der Waals surface area (Å²) in [5.41, 5.74) is 0.835. The molecule has 1 fully saturated rings. The average Bonchev–Trinajstić information content (AvgIpc) is 3.05. The van der Waals surface area contributed by atoms with Crippen molar-refractivity contribution < 1.29 is 14.3 Å². The van der Waals surface area contributed by atoms with Crippen LogP contribution in [0, 0.1) is 16.7 Å². The van der Waals surface area contributed by atoms with Crippen LogP contribution >= 0.6 is 0 Å². The molecule has 2 aliphatic rings. The zero-order valence-corrected chi connectivity index (χ0v) is 10.6. The van der Waals surface area contributed by atoms with Gasteiger partial charge in [0.2, 0.25) is 0 Å². The molecule has 4 nitrogen and oxygen atoms in total. The second kappa shape index (κ2) is 4.58. The van der Waals surface area contributed by atoms with Crippen molar-refractivity contribution >= 4 is 5.97 Å². The number of carbonyl (C=O) groups is 1. The van der Waals surface area contributed by atoms with Crippen LogP contribution in [0.25, 0.3) is 0 Å². The summed E-state index contributed by atoms with van der Waals surface area (Å²) in [6.45, 7) is 0.710. The lowest BCUT2D eigenvalue weighted by atomic mass is 10.0. The number of hydrogen-bond donors (Lipinski definition) is 0. The first-order valence-electron chi connectivity index (χ1n) is 6.49. The van der Waals surface area contributed by atoms with Gasteiger partial charge in [-0.25, -0.2) is 0 Å². The molecule has 1 aromatic rings. The van der Waals surface area contributed by atoms with E-state index in [0.717, 1.165) is 24.2 Å². The molecule has 0 spiro atoms. The number of rotatable bonds is 4. The van der Waals surface area contributed by atoms with Gasteiger partial charge in [-0.15, -0.1) is 0 Å². The van der Waals surface area contributed by atoms with Gasteiger partial charge in [-0.1, -0.05) is 18.2 Å². The summed E-state index contributed by atoms with van der Waals surface area (Å²) in [5.74, 6) is 0.200. The molecule has 1 atom stereocenters. The minimum atomic E-state index is -0.325. The number of fused-ring (bicyclic) bond motifs is 1. The van der Waals surface area contributed by atoms with Gasteiger partial charge in [0, 0.05) is 17.4 Å². The number of ether oxygens (including phenoxy) is 2. The van der Waals surface area contributed by atoms with Gasteiger partial charge >= 0.3 is 5.97 Å². The van der Waals surface area contributed by atoms with Gasteiger partial charge in [-0.05, 0) is 18.9 Å². The normalized spacial score (nSPS) is 21.9. The van der Waals surface area contributed by atoms with Gasteiger partial charge in [0.1, 0.15) is 18.3 Å². The Bertz CT molecular complexity index is 543. The third-order valence-electron chi connectivity index (χ3n) is 3.92. The molecule has 0 N–H and O–H groups in total. The summed E-state index contributed by atoms with van der Waals surface area (Å²) < 4.78 is 10.9. The van der Waals surface area contributed by atoms with Crippen molar-refractivity contribution in [3.63, 3.8) is 0 Å². The second-order valence-electron chi connectivity index (χ2n) is 5.34. The maximum absolute atomic E-state index is 12.1. The number of nitrogens with zero attached hydrogens (tertiary/aromatic N) is 1. The van der Waals surface area contributed by atoms with Crippen molar-refractivity contribution in [3.05, 3.63) is 29.8 Å². The van der Waals surface area contributed by atoms with Gasteiger partial charge in [-0.2, -0.15) is 5.26 Å². The maximum atomic E-state index is 12.1. The molecule has 1 heterocycles. The van der Waals surface area contributed by atoms with Crippen molar-refractivity contribution in [2.75, 3.05) is 13.2 Å². The Morgan fingerprint density at radius 3 is 3.00 bits per heavy atom. The highest BCUT2D eigenvalue weighted by Gasteiger charge is 2.44. The highest BCUT2D eigenvalue weighted by Crippen LogP contribution is 2.49. The maximum Gasteiger partial charge on any atom is 0.317 e. The summed E-state index contributed by atoms with van der Waals surface area (Å²) in [6.07, 6.45) is 2.43. The molecule has 0 radical (unpaired) electrons. The monoisotopic (exact) mass is 257 g/mol. The van der Waals surface area contributed by atoms with Crippen LogP contribution in [0.1, 0.15) is 30.7 Å². The lowest BCUT2D eigenvalue weighted by molar-refractivity contribution is -0.147. The highest BCUT2D eigenvalue weighted by atomic mass is 16.5. The van der Waals surface area contributed by atoms with Crippen molar-refractivity contribution in [2.45, 2.75) is 25.2 Å². The van der Waals surface area contributed by atoms with E-state index in [1.165, 1.54) is 0 Å². The minimum absolute atomic E-state index is 0.0661. The summed E-state index contributed by atoms with van der Waals surface area (Å²) >= 11 is 0. The molecular formula is C15H15NO3. The predicted molar refractivity (Wildman–Crippen MR) is 67.5 cm³/mol. The molecule has 3 rings (SSSR count). The molecule has 1 aromatic carbocycles. The van der Waals surface area contributed by atoms with E-state index in [9.17, 15) is 4.79 Å². The Labute approximate surface area is 111 Å². The third kappa shape index (κ3) is 2.28. The molecule has 1 saturated carbocycles.